The Labute approximate surface area is 172 Å². The Morgan fingerprint density at radius 1 is 1.17 bits per heavy atom. The molecule has 0 saturated heterocycles. The third kappa shape index (κ3) is 5.33. The molecule has 0 aliphatic carbocycles. The molecule has 0 aliphatic rings. The van der Waals surface area contributed by atoms with Gasteiger partial charge < -0.3 is 14.5 Å². The number of nitro benzene ring substituents is 1. The van der Waals surface area contributed by atoms with Gasteiger partial charge in [-0.05, 0) is 42.0 Å². The van der Waals surface area contributed by atoms with Crippen molar-refractivity contribution in [3.05, 3.63) is 99.5 Å². The van der Waals surface area contributed by atoms with Crippen LogP contribution in [0.15, 0.2) is 76.9 Å². The summed E-state index contributed by atoms with van der Waals surface area (Å²) in [7, 11) is 0. The number of furan rings is 1. The van der Waals surface area contributed by atoms with Crippen LogP contribution in [0.5, 0.6) is 5.75 Å². The lowest BCUT2D eigenvalue weighted by atomic mass is 10.1. The maximum absolute atomic E-state index is 12.3. The first kappa shape index (κ1) is 20.4. The van der Waals surface area contributed by atoms with Gasteiger partial charge in [0, 0.05) is 17.7 Å². The van der Waals surface area contributed by atoms with E-state index in [0.29, 0.717) is 17.1 Å². The number of amides is 1. The number of rotatable bonds is 8. The lowest BCUT2D eigenvalue weighted by molar-refractivity contribution is -0.384. The lowest BCUT2D eigenvalue weighted by Crippen LogP contribution is -2.23. The molecule has 0 aliphatic heterocycles. The van der Waals surface area contributed by atoms with Crippen molar-refractivity contribution in [3.8, 4) is 11.8 Å². The third-order valence-corrected chi connectivity index (χ3v) is 4.13. The number of nitrogens with zero attached hydrogens (tertiary/aromatic N) is 2. The molecule has 0 unspecified atom stereocenters. The molecule has 30 heavy (non-hydrogen) atoms. The largest absolute Gasteiger partial charge is 0.488 e. The highest BCUT2D eigenvalue weighted by Gasteiger charge is 2.12. The van der Waals surface area contributed by atoms with E-state index in [9.17, 15) is 20.2 Å². The number of nitrogens with one attached hydrogen (secondary N) is 1. The maximum Gasteiger partial charge on any atom is 0.269 e. The number of para-hydroxylation sites is 1. The van der Waals surface area contributed by atoms with Crippen LogP contribution in [0.4, 0.5) is 5.69 Å². The van der Waals surface area contributed by atoms with Crippen molar-refractivity contribution in [1.29, 1.82) is 5.26 Å². The van der Waals surface area contributed by atoms with Gasteiger partial charge in [-0.1, -0.05) is 18.2 Å². The average Bonchev–Trinajstić information content (AvgIpc) is 3.29. The lowest BCUT2D eigenvalue weighted by Gasteiger charge is -2.10. The van der Waals surface area contributed by atoms with Crippen molar-refractivity contribution in [2.75, 3.05) is 0 Å². The molecule has 0 radical (unpaired) electrons. The van der Waals surface area contributed by atoms with Gasteiger partial charge in [0.15, 0.2) is 0 Å². The molecule has 1 N–H and O–H groups in total. The van der Waals surface area contributed by atoms with Gasteiger partial charge in [-0.2, -0.15) is 5.26 Å². The van der Waals surface area contributed by atoms with Gasteiger partial charge in [-0.25, -0.2) is 0 Å². The molecule has 8 nitrogen and oxygen atoms in total. The summed E-state index contributed by atoms with van der Waals surface area (Å²) in [5.74, 6) is 0.522. The quantitative estimate of drug-likeness (QED) is 0.263. The monoisotopic (exact) mass is 403 g/mol. The van der Waals surface area contributed by atoms with Crippen LogP contribution in [0.1, 0.15) is 16.9 Å². The summed E-state index contributed by atoms with van der Waals surface area (Å²) < 4.78 is 11.0. The molecular weight excluding hydrogens is 386 g/mol. The number of non-ortho nitro benzene ring substituents is 1. The molecule has 0 bridgehead atoms. The van der Waals surface area contributed by atoms with Crippen LogP contribution in [0.2, 0.25) is 0 Å². The van der Waals surface area contributed by atoms with Crippen molar-refractivity contribution < 1.29 is 18.9 Å². The predicted octanol–water partition coefficient (Wildman–Crippen LogP) is 3.99. The highest BCUT2D eigenvalue weighted by molar-refractivity contribution is 6.01. The van der Waals surface area contributed by atoms with Gasteiger partial charge in [0.2, 0.25) is 0 Å². The Morgan fingerprint density at radius 2 is 1.93 bits per heavy atom. The fourth-order valence-electron chi connectivity index (χ4n) is 2.59. The Balaban J connectivity index is 1.70. The van der Waals surface area contributed by atoms with E-state index in [-0.39, 0.29) is 24.4 Å². The average molecular weight is 403 g/mol. The number of nitriles is 1. The first-order valence-corrected chi connectivity index (χ1v) is 8.94. The fourth-order valence-corrected chi connectivity index (χ4v) is 2.59. The molecule has 8 heteroatoms. The van der Waals surface area contributed by atoms with Crippen LogP contribution in [-0.2, 0) is 17.9 Å². The summed E-state index contributed by atoms with van der Waals surface area (Å²) in [6, 6.07) is 18.3. The van der Waals surface area contributed by atoms with Gasteiger partial charge in [-0.15, -0.1) is 0 Å². The number of benzene rings is 2. The summed E-state index contributed by atoms with van der Waals surface area (Å²) >= 11 is 0. The molecule has 1 aromatic heterocycles. The normalized spacial score (nSPS) is 10.8. The molecule has 2 aromatic carbocycles. The van der Waals surface area contributed by atoms with E-state index >= 15 is 0 Å². The van der Waals surface area contributed by atoms with Gasteiger partial charge in [-0.3, -0.25) is 14.9 Å². The van der Waals surface area contributed by atoms with E-state index in [1.807, 2.05) is 6.07 Å². The van der Waals surface area contributed by atoms with Gasteiger partial charge >= 0.3 is 0 Å². The van der Waals surface area contributed by atoms with Gasteiger partial charge in [0.1, 0.15) is 29.8 Å². The van der Waals surface area contributed by atoms with E-state index in [0.717, 1.165) is 5.56 Å². The second kappa shape index (κ2) is 9.71. The number of carbonyl (C=O) groups is 1. The molecule has 3 aromatic rings. The van der Waals surface area contributed by atoms with Gasteiger partial charge in [0.05, 0.1) is 17.7 Å². The summed E-state index contributed by atoms with van der Waals surface area (Å²) in [6.07, 6.45) is 2.95. The van der Waals surface area contributed by atoms with Crippen LogP contribution in [-0.4, -0.2) is 10.8 Å². The van der Waals surface area contributed by atoms with E-state index in [1.165, 1.54) is 24.5 Å². The van der Waals surface area contributed by atoms with Crippen molar-refractivity contribution in [2.24, 2.45) is 0 Å². The molecule has 3 rings (SSSR count). The number of nitro groups is 1. The zero-order valence-electron chi connectivity index (χ0n) is 15.8. The van der Waals surface area contributed by atoms with E-state index in [1.54, 1.807) is 48.5 Å². The number of hydrogen-bond donors (Lipinski definition) is 1. The van der Waals surface area contributed by atoms with E-state index in [4.69, 9.17) is 9.15 Å². The zero-order valence-corrected chi connectivity index (χ0v) is 15.8. The van der Waals surface area contributed by atoms with Gasteiger partial charge in [0.25, 0.3) is 11.6 Å². The Bertz CT molecular complexity index is 1100. The topological polar surface area (TPSA) is 118 Å². The molecule has 0 spiro atoms. The van der Waals surface area contributed by atoms with Crippen molar-refractivity contribution in [1.82, 2.24) is 5.32 Å². The summed E-state index contributed by atoms with van der Waals surface area (Å²) in [5.41, 5.74) is 1.23. The van der Waals surface area contributed by atoms with Crippen LogP contribution in [0.25, 0.3) is 6.08 Å². The highest BCUT2D eigenvalue weighted by Crippen LogP contribution is 2.23. The number of hydrogen-bond acceptors (Lipinski definition) is 6. The SMILES string of the molecule is N#C/C(=C\c1ccccc1OCc1ccc([N+](=O)[O-])cc1)C(=O)NCc1ccco1. The Kier molecular flexibility index (Phi) is 6.59. The second-order valence-corrected chi connectivity index (χ2v) is 6.18. The zero-order chi connectivity index (χ0) is 21.3. The fraction of sp³-hybridized carbons (Fsp3) is 0.0909. The summed E-state index contributed by atoms with van der Waals surface area (Å²) in [6.45, 7) is 0.346. The predicted molar refractivity (Wildman–Crippen MR) is 108 cm³/mol. The highest BCUT2D eigenvalue weighted by atomic mass is 16.6. The van der Waals surface area contributed by atoms with E-state index in [2.05, 4.69) is 5.32 Å². The van der Waals surface area contributed by atoms with Crippen molar-refractivity contribution >= 4 is 17.7 Å². The second-order valence-electron chi connectivity index (χ2n) is 6.18. The van der Waals surface area contributed by atoms with Crippen LogP contribution in [0.3, 0.4) is 0 Å². The minimum Gasteiger partial charge on any atom is -0.488 e. The summed E-state index contributed by atoms with van der Waals surface area (Å²) in [5, 5.41) is 22.8. The summed E-state index contributed by atoms with van der Waals surface area (Å²) in [4.78, 5) is 22.6. The van der Waals surface area contributed by atoms with Crippen molar-refractivity contribution in [3.63, 3.8) is 0 Å². The Hall–Kier alpha value is -4.38. The minimum atomic E-state index is -0.529. The number of ether oxygens (including phenoxy) is 1. The van der Waals surface area contributed by atoms with Crippen molar-refractivity contribution in [2.45, 2.75) is 13.2 Å². The van der Waals surface area contributed by atoms with E-state index < -0.39 is 10.8 Å². The molecule has 1 amide bonds. The van der Waals surface area contributed by atoms with Crippen LogP contribution in [0, 0.1) is 21.4 Å². The molecule has 0 atom stereocenters. The van der Waals surface area contributed by atoms with Crippen LogP contribution >= 0.6 is 0 Å². The Morgan fingerprint density at radius 3 is 2.60 bits per heavy atom. The number of carbonyl (C=O) groups excluding carboxylic acids is 1. The molecule has 0 fully saturated rings. The van der Waals surface area contributed by atoms with Crippen LogP contribution < -0.4 is 10.1 Å². The smallest absolute Gasteiger partial charge is 0.269 e. The molecule has 1 heterocycles. The first-order valence-electron chi connectivity index (χ1n) is 8.94. The maximum atomic E-state index is 12.3. The first-order chi connectivity index (χ1) is 14.6. The molecule has 150 valence electrons. The minimum absolute atomic E-state index is 0.00121. The molecule has 0 saturated carbocycles. The molecular formula is C22H17N3O5. The standard InChI is InChI=1S/C22H17N3O5/c23-13-18(22(26)24-14-20-5-3-11-29-20)12-17-4-1-2-6-21(17)30-15-16-7-9-19(10-8-16)25(27)28/h1-12H,14-15H2,(H,24,26)/b18-12+. The third-order valence-electron chi connectivity index (χ3n) is 4.13.